The van der Waals surface area contributed by atoms with Gasteiger partial charge < -0.3 is 5.32 Å². The van der Waals surface area contributed by atoms with Crippen LogP contribution in [0.1, 0.15) is 20.8 Å². The number of hydrogen-bond donors (Lipinski definition) is 1. The van der Waals surface area contributed by atoms with Crippen molar-refractivity contribution in [2.75, 3.05) is 11.9 Å². The number of rotatable bonds is 4. The minimum Gasteiger partial charge on any atom is -0.384 e. The van der Waals surface area contributed by atoms with E-state index in [4.69, 9.17) is 0 Å². The highest BCUT2D eigenvalue weighted by Crippen LogP contribution is 2.32. The number of alkyl halides is 2. The summed E-state index contributed by atoms with van der Waals surface area (Å²) in [4.78, 5) is 0.599. The Hall–Kier alpha value is -0.770. The summed E-state index contributed by atoms with van der Waals surface area (Å²) in [7, 11) is 0. The fourth-order valence-corrected chi connectivity index (χ4v) is 1.79. The van der Waals surface area contributed by atoms with Crippen LogP contribution in [0.15, 0.2) is 29.2 Å². The zero-order chi connectivity index (χ0) is 12.2. The summed E-state index contributed by atoms with van der Waals surface area (Å²) in [5, 5.41) is 3.20. The van der Waals surface area contributed by atoms with E-state index < -0.39 is 5.76 Å². The summed E-state index contributed by atoms with van der Waals surface area (Å²) in [5.41, 5.74) is 0.908. The normalized spacial score (nSPS) is 11.9. The van der Waals surface area contributed by atoms with E-state index in [1.54, 1.807) is 12.1 Å². The molecule has 0 aromatic heterocycles. The maximum absolute atomic E-state index is 12.3. The molecule has 1 N–H and O–H groups in total. The second-order valence-electron chi connectivity index (χ2n) is 4.79. The number of thioether (sulfide) groups is 1. The van der Waals surface area contributed by atoms with Crippen molar-refractivity contribution in [1.29, 1.82) is 0 Å². The van der Waals surface area contributed by atoms with Crippen LogP contribution in [0.3, 0.4) is 0 Å². The number of halogens is 2. The molecule has 0 radical (unpaired) electrons. The van der Waals surface area contributed by atoms with Gasteiger partial charge in [-0.15, -0.1) is 0 Å². The summed E-state index contributed by atoms with van der Waals surface area (Å²) in [6.45, 7) is 7.06. The molecular weight excluding hydrogens is 228 g/mol. The molecule has 0 fully saturated rings. The molecule has 0 atom stereocenters. The van der Waals surface area contributed by atoms with E-state index >= 15 is 0 Å². The Labute approximate surface area is 99.6 Å². The Morgan fingerprint density at radius 1 is 1.25 bits per heavy atom. The lowest BCUT2D eigenvalue weighted by Crippen LogP contribution is -2.19. The first-order valence-electron chi connectivity index (χ1n) is 5.16. The van der Waals surface area contributed by atoms with Gasteiger partial charge in [0.15, 0.2) is 0 Å². The highest BCUT2D eigenvalue weighted by Gasteiger charge is 2.13. The second kappa shape index (κ2) is 5.53. The van der Waals surface area contributed by atoms with Crippen LogP contribution in [0, 0.1) is 5.41 Å². The van der Waals surface area contributed by atoms with Crippen molar-refractivity contribution in [1.82, 2.24) is 0 Å². The maximum Gasteiger partial charge on any atom is 0.288 e. The molecule has 0 bridgehead atoms. The molecule has 1 rings (SSSR count). The van der Waals surface area contributed by atoms with Crippen LogP contribution in [-0.4, -0.2) is 12.3 Å². The van der Waals surface area contributed by atoms with Gasteiger partial charge in [-0.2, -0.15) is 8.78 Å². The van der Waals surface area contributed by atoms with Crippen LogP contribution in [0.5, 0.6) is 0 Å². The quantitative estimate of drug-likeness (QED) is 0.786. The lowest BCUT2D eigenvalue weighted by molar-refractivity contribution is 0.252. The van der Waals surface area contributed by atoms with Crippen molar-refractivity contribution in [2.24, 2.45) is 5.41 Å². The average Bonchev–Trinajstić information content (AvgIpc) is 2.14. The fourth-order valence-electron chi connectivity index (χ4n) is 1.17. The molecule has 4 heteroatoms. The van der Waals surface area contributed by atoms with E-state index in [1.807, 2.05) is 12.1 Å². The highest BCUT2D eigenvalue weighted by molar-refractivity contribution is 7.99. The number of para-hydroxylation sites is 1. The van der Waals surface area contributed by atoms with Crippen LogP contribution >= 0.6 is 11.8 Å². The van der Waals surface area contributed by atoms with Crippen LogP contribution in [-0.2, 0) is 0 Å². The van der Waals surface area contributed by atoms with E-state index in [-0.39, 0.29) is 5.41 Å². The third-order valence-electron chi connectivity index (χ3n) is 1.91. The minimum atomic E-state index is -2.38. The van der Waals surface area contributed by atoms with E-state index in [9.17, 15) is 8.78 Å². The molecular formula is C12H17F2NS. The van der Waals surface area contributed by atoms with Gasteiger partial charge in [-0.1, -0.05) is 44.7 Å². The SMILES string of the molecule is CC(C)(C)CNc1ccccc1SC(F)F. The van der Waals surface area contributed by atoms with Gasteiger partial charge in [0, 0.05) is 17.1 Å². The molecule has 0 saturated carbocycles. The number of nitrogens with one attached hydrogen (secondary N) is 1. The van der Waals surface area contributed by atoms with Gasteiger partial charge in [-0.3, -0.25) is 0 Å². The highest BCUT2D eigenvalue weighted by atomic mass is 32.2. The third-order valence-corrected chi connectivity index (χ3v) is 2.70. The Bertz CT molecular complexity index is 334. The van der Waals surface area contributed by atoms with E-state index in [0.29, 0.717) is 16.7 Å². The Morgan fingerprint density at radius 2 is 1.88 bits per heavy atom. The molecule has 0 spiro atoms. The molecule has 0 aliphatic carbocycles. The van der Waals surface area contributed by atoms with Crippen molar-refractivity contribution < 1.29 is 8.78 Å². The average molecular weight is 245 g/mol. The standard InChI is InChI=1S/C12H17F2NS/c1-12(2,3)8-15-9-6-4-5-7-10(9)16-11(13)14/h4-7,11,15H,8H2,1-3H3. The minimum absolute atomic E-state index is 0.128. The molecule has 0 amide bonds. The van der Waals surface area contributed by atoms with Crippen molar-refractivity contribution in [3.8, 4) is 0 Å². The zero-order valence-electron chi connectivity index (χ0n) is 9.76. The van der Waals surface area contributed by atoms with Gasteiger partial charge in [0.2, 0.25) is 0 Å². The maximum atomic E-state index is 12.3. The van der Waals surface area contributed by atoms with Crippen molar-refractivity contribution in [3.05, 3.63) is 24.3 Å². The van der Waals surface area contributed by atoms with Gasteiger partial charge in [0.25, 0.3) is 5.76 Å². The lowest BCUT2D eigenvalue weighted by atomic mass is 9.97. The van der Waals surface area contributed by atoms with Gasteiger partial charge >= 0.3 is 0 Å². The molecule has 90 valence electrons. The number of hydrogen-bond acceptors (Lipinski definition) is 2. The first-order valence-corrected chi connectivity index (χ1v) is 6.04. The topological polar surface area (TPSA) is 12.0 Å². The molecule has 1 aromatic carbocycles. The summed E-state index contributed by atoms with van der Waals surface area (Å²) in [6.07, 6.45) is 0. The molecule has 0 unspecified atom stereocenters. The predicted octanol–water partition coefficient (Wildman–Crippen LogP) is 4.46. The van der Waals surface area contributed by atoms with E-state index in [2.05, 4.69) is 26.1 Å². The van der Waals surface area contributed by atoms with Crippen molar-refractivity contribution in [2.45, 2.75) is 31.4 Å². The van der Waals surface area contributed by atoms with Crippen LogP contribution in [0.2, 0.25) is 0 Å². The molecule has 0 aliphatic rings. The molecule has 1 nitrogen and oxygen atoms in total. The van der Waals surface area contributed by atoms with Gasteiger partial charge in [-0.25, -0.2) is 0 Å². The van der Waals surface area contributed by atoms with Gasteiger partial charge in [-0.05, 0) is 17.5 Å². The first-order chi connectivity index (χ1) is 7.38. The molecule has 1 aromatic rings. The fraction of sp³-hybridized carbons (Fsp3) is 0.500. The third kappa shape index (κ3) is 4.84. The second-order valence-corrected chi connectivity index (χ2v) is 5.82. The molecule has 16 heavy (non-hydrogen) atoms. The lowest BCUT2D eigenvalue weighted by Gasteiger charge is -2.20. The van der Waals surface area contributed by atoms with Crippen LogP contribution < -0.4 is 5.32 Å². The molecule has 0 heterocycles. The smallest absolute Gasteiger partial charge is 0.288 e. The summed E-state index contributed by atoms with van der Waals surface area (Å²) in [5.74, 6) is -2.38. The van der Waals surface area contributed by atoms with Crippen LogP contribution in [0.25, 0.3) is 0 Å². The van der Waals surface area contributed by atoms with Crippen molar-refractivity contribution in [3.63, 3.8) is 0 Å². The van der Waals surface area contributed by atoms with Gasteiger partial charge in [0.1, 0.15) is 0 Å². The van der Waals surface area contributed by atoms with E-state index in [1.165, 1.54) is 0 Å². The number of benzene rings is 1. The summed E-state index contributed by atoms with van der Waals surface area (Å²) >= 11 is 0.580. The van der Waals surface area contributed by atoms with Crippen molar-refractivity contribution >= 4 is 17.4 Å². The summed E-state index contributed by atoms with van der Waals surface area (Å²) < 4.78 is 24.6. The summed E-state index contributed by atoms with van der Waals surface area (Å²) in [6, 6.07) is 7.16. The Morgan fingerprint density at radius 3 is 2.44 bits per heavy atom. The largest absolute Gasteiger partial charge is 0.384 e. The predicted molar refractivity (Wildman–Crippen MR) is 66.2 cm³/mol. The Balaban J connectivity index is 2.71. The molecule has 0 saturated heterocycles. The number of anilines is 1. The molecule has 0 aliphatic heterocycles. The zero-order valence-corrected chi connectivity index (χ0v) is 10.6. The van der Waals surface area contributed by atoms with Crippen LogP contribution in [0.4, 0.5) is 14.5 Å². The van der Waals surface area contributed by atoms with E-state index in [0.717, 1.165) is 12.2 Å². The monoisotopic (exact) mass is 245 g/mol. The Kier molecular flexibility index (Phi) is 4.59. The van der Waals surface area contributed by atoms with Gasteiger partial charge in [0.05, 0.1) is 0 Å². The first kappa shape index (κ1) is 13.3.